The Balaban J connectivity index is 1.65. The lowest BCUT2D eigenvalue weighted by atomic mass is 10.00. The van der Waals surface area contributed by atoms with Crippen molar-refractivity contribution in [3.63, 3.8) is 0 Å². The van der Waals surface area contributed by atoms with E-state index in [1.807, 2.05) is 0 Å². The van der Waals surface area contributed by atoms with Crippen LogP contribution in [0.2, 0.25) is 0 Å². The van der Waals surface area contributed by atoms with Crippen LogP contribution in [0.4, 0.5) is 19.0 Å². The number of anilines is 1. The smallest absolute Gasteiger partial charge is 0.378 e. The molecule has 3 nitrogen and oxygen atoms in total. The maximum atomic E-state index is 12.6. The van der Waals surface area contributed by atoms with Crippen LogP contribution < -0.4 is 5.32 Å². The third kappa shape index (κ3) is 3.23. The molecule has 0 spiro atoms. The molecule has 1 N–H and O–H groups in total. The maximum absolute atomic E-state index is 12.6. The van der Waals surface area contributed by atoms with Crippen molar-refractivity contribution < 1.29 is 17.9 Å². The highest BCUT2D eigenvalue weighted by Gasteiger charge is 2.36. The van der Waals surface area contributed by atoms with Gasteiger partial charge in [0.25, 0.3) is 0 Å². The zero-order valence-corrected chi connectivity index (χ0v) is 11.0. The van der Waals surface area contributed by atoms with E-state index in [-0.39, 0.29) is 12.1 Å². The molecular formula is C14H17F3N2O. The SMILES string of the molecule is FC(F)(F)c1cccc(NC2CCOC(C3CC3)C2)n1. The van der Waals surface area contributed by atoms with Gasteiger partial charge in [0.05, 0.1) is 6.10 Å². The lowest BCUT2D eigenvalue weighted by Gasteiger charge is -2.30. The molecule has 1 aliphatic heterocycles. The summed E-state index contributed by atoms with van der Waals surface area (Å²) in [5, 5.41) is 3.11. The molecule has 1 saturated carbocycles. The molecule has 2 aliphatic rings. The van der Waals surface area contributed by atoms with Crippen LogP contribution in [0.15, 0.2) is 18.2 Å². The number of nitrogens with one attached hydrogen (secondary N) is 1. The zero-order chi connectivity index (χ0) is 14.2. The fourth-order valence-electron chi connectivity index (χ4n) is 2.64. The van der Waals surface area contributed by atoms with Crippen LogP contribution in [-0.2, 0) is 10.9 Å². The number of rotatable bonds is 3. The van der Waals surface area contributed by atoms with Crippen LogP contribution in [-0.4, -0.2) is 23.7 Å². The molecule has 2 unspecified atom stereocenters. The van der Waals surface area contributed by atoms with E-state index in [0.717, 1.165) is 18.9 Å². The second-order valence-corrected chi connectivity index (χ2v) is 5.52. The second-order valence-electron chi connectivity index (χ2n) is 5.52. The lowest BCUT2D eigenvalue weighted by Crippen LogP contribution is -2.35. The van der Waals surface area contributed by atoms with E-state index in [1.165, 1.54) is 18.9 Å². The van der Waals surface area contributed by atoms with E-state index < -0.39 is 11.9 Å². The number of alkyl halides is 3. The van der Waals surface area contributed by atoms with E-state index in [1.54, 1.807) is 6.07 Å². The van der Waals surface area contributed by atoms with Crippen molar-refractivity contribution in [1.82, 2.24) is 4.98 Å². The lowest BCUT2D eigenvalue weighted by molar-refractivity contribution is -0.141. The Kier molecular flexibility index (Phi) is 3.58. The molecule has 1 aromatic heterocycles. The number of halogens is 3. The van der Waals surface area contributed by atoms with Gasteiger partial charge in [0.2, 0.25) is 0 Å². The molecule has 6 heteroatoms. The van der Waals surface area contributed by atoms with E-state index in [0.29, 0.717) is 18.3 Å². The summed E-state index contributed by atoms with van der Waals surface area (Å²) in [6.07, 6.45) is -0.0708. The summed E-state index contributed by atoms with van der Waals surface area (Å²) in [6.45, 7) is 0.664. The number of pyridine rings is 1. The number of ether oxygens (including phenoxy) is 1. The van der Waals surface area contributed by atoms with Gasteiger partial charge in [0, 0.05) is 12.6 Å². The Morgan fingerprint density at radius 1 is 1.20 bits per heavy atom. The average molecular weight is 286 g/mol. The summed E-state index contributed by atoms with van der Waals surface area (Å²) in [5.74, 6) is 0.940. The molecule has 2 atom stereocenters. The molecule has 1 saturated heterocycles. The minimum Gasteiger partial charge on any atom is -0.378 e. The molecule has 110 valence electrons. The Morgan fingerprint density at radius 3 is 2.70 bits per heavy atom. The molecule has 0 aromatic carbocycles. The van der Waals surface area contributed by atoms with Crippen LogP contribution >= 0.6 is 0 Å². The predicted molar refractivity (Wildman–Crippen MR) is 68.3 cm³/mol. The van der Waals surface area contributed by atoms with Gasteiger partial charge < -0.3 is 10.1 Å². The van der Waals surface area contributed by atoms with Gasteiger partial charge in [-0.3, -0.25) is 0 Å². The van der Waals surface area contributed by atoms with Gasteiger partial charge >= 0.3 is 6.18 Å². The van der Waals surface area contributed by atoms with Gasteiger partial charge in [0.1, 0.15) is 11.5 Å². The van der Waals surface area contributed by atoms with Gasteiger partial charge in [-0.25, -0.2) is 4.98 Å². The Bertz CT molecular complexity index is 474. The third-order valence-electron chi connectivity index (χ3n) is 3.85. The monoisotopic (exact) mass is 286 g/mol. The maximum Gasteiger partial charge on any atom is 0.433 e. The summed E-state index contributed by atoms with van der Waals surface area (Å²) in [4.78, 5) is 3.65. The molecular weight excluding hydrogens is 269 g/mol. The molecule has 3 rings (SSSR count). The first-order valence-corrected chi connectivity index (χ1v) is 6.95. The first-order valence-electron chi connectivity index (χ1n) is 6.95. The topological polar surface area (TPSA) is 34.1 Å². The van der Waals surface area contributed by atoms with Crippen LogP contribution in [0.1, 0.15) is 31.4 Å². The molecule has 0 amide bonds. The van der Waals surface area contributed by atoms with Gasteiger partial charge in [0.15, 0.2) is 0 Å². The summed E-state index contributed by atoms with van der Waals surface area (Å²) in [7, 11) is 0. The minimum absolute atomic E-state index is 0.144. The fraction of sp³-hybridized carbons (Fsp3) is 0.643. The molecule has 20 heavy (non-hydrogen) atoms. The molecule has 1 aliphatic carbocycles. The Labute approximate surface area is 115 Å². The first kappa shape index (κ1) is 13.7. The molecule has 0 bridgehead atoms. The van der Waals surface area contributed by atoms with Gasteiger partial charge in [-0.1, -0.05) is 6.07 Å². The molecule has 1 aromatic rings. The molecule has 2 heterocycles. The van der Waals surface area contributed by atoms with Crippen molar-refractivity contribution in [3.05, 3.63) is 23.9 Å². The van der Waals surface area contributed by atoms with Crippen LogP contribution in [0.5, 0.6) is 0 Å². The van der Waals surface area contributed by atoms with Crippen molar-refractivity contribution in [1.29, 1.82) is 0 Å². The number of hydrogen-bond acceptors (Lipinski definition) is 3. The first-order chi connectivity index (χ1) is 9.52. The highest BCUT2D eigenvalue weighted by Crippen LogP contribution is 2.38. The predicted octanol–water partition coefficient (Wildman–Crippen LogP) is 3.47. The fourth-order valence-corrected chi connectivity index (χ4v) is 2.64. The number of aromatic nitrogens is 1. The summed E-state index contributed by atoms with van der Waals surface area (Å²) < 4.78 is 43.5. The largest absolute Gasteiger partial charge is 0.433 e. The quantitative estimate of drug-likeness (QED) is 0.924. The normalized spacial score (nSPS) is 27.4. The average Bonchev–Trinajstić information content (AvgIpc) is 3.23. The van der Waals surface area contributed by atoms with Crippen LogP contribution in [0.3, 0.4) is 0 Å². The van der Waals surface area contributed by atoms with Crippen molar-refractivity contribution in [2.45, 2.75) is 44.0 Å². The standard InChI is InChI=1S/C14H17F3N2O/c15-14(16,17)12-2-1-3-13(19-12)18-10-6-7-20-11(8-10)9-4-5-9/h1-3,9-11H,4-8H2,(H,18,19). The molecule has 2 fully saturated rings. The van der Waals surface area contributed by atoms with Gasteiger partial charge in [-0.05, 0) is 43.7 Å². The summed E-state index contributed by atoms with van der Waals surface area (Å²) in [6, 6.07) is 4.10. The zero-order valence-electron chi connectivity index (χ0n) is 11.0. The van der Waals surface area contributed by atoms with Crippen molar-refractivity contribution in [2.24, 2.45) is 5.92 Å². The number of nitrogens with zero attached hydrogens (tertiary/aromatic N) is 1. The Hall–Kier alpha value is -1.30. The third-order valence-corrected chi connectivity index (χ3v) is 3.85. The molecule has 0 radical (unpaired) electrons. The van der Waals surface area contributed by atoms with E-state index in [2.05, 4.69) is 10.3 Å². The van der Waals surface area contributed by atoms with Crippen molar-refractivity contribution in [3.8, 4) is 0 Å². The summed E-state index contributed by atoms with van der Waals surface area (Å²) >= 11 is 0. The van der Waals surface area contributed by atoms with Crippen LogP contribution in [0.25, 0.3) is 0 Å². The highest BCUT2D eigenvalue weighted by molar-refractivity contribution is 5.37. The summed E-state index contributed by atoms with van der Waals surface area (Å²) in [5.41, 5.74) is -0.853. The van der Waals surface area contributed by atoms with E-state index in [4.69, 9.17) is 4.74 Å². The van der Waals surface area contributed by atoms with Crippen molar-refractivity contribution >= 4 is 5.82 Å². The Morgan fingerprint density at radius 2 is 2.00 bits per heavy atom. The number of hydrogen-bond donors (Lipinski definition) is 1. The van der Waals surface area contributed by atoms with Gasteiger partial charge in [-0.2, -0.15) is 13.2 Å². The van der Waals surface area contributed by atoms with Crippen LogP contribution in [0, 0.1) is 5.92 Å². The highest BCUT2D eigenvalue weighted by atomic mass is 19.4. The van der Waals surface area contributed by atoms with E-state index in [9.17, 15) is 13.2 Å². The second kappa shape index (κ2) is 5.24. The minimum atomic E-state index is -4.40. The van der Waals surface area contributed by atoms with Crippen molar-refractivity contribution in [2.75, 3.05) is 11.9 Å². The van der Waals surface area contributed by atoms with E-state index >= 15 is 0 Å². The van der Waals surface area contributed by atoms with Gasteiger partial charge in [-0.15, -0.1) is 0 Å².